The quantitative estimate of drug-likeness (QED) is 0.552. The van der Waals surface area contributed by atoms with Crippen molar-refractivity contribution in [3.05, 3.63) is 23.0 Å². The van der Waals surface area contributed by atoms with Crippen molar-refractivity contribution in [3.63, 3.8) is 0 Å². The molecule has 4 fully saturated rings. The Hall–Kier alpha value is -2.06. The number of carbonyl (C=O) groups is 2. The van der Waals surface area contributed by atoms with Crippen molar-refractivity contribution < 1.29 is 38.7 Å². The molecule has 6 rings (SSSR count). The zero-order valence-corrected chi connectivity index (χ0v) is 9.65. The van der Waals surface area contributed by atoms with Gasteiger partial charge in [-0.1, -0.05) is 0 Å². The maximum Gasteiger partial charge on any atom is 0.325 e. The second kappa shape index (κ2) is 2.23. The number of aliphatic hydroxyl groups is 2. The van der Waals surface area contributed by atoms with Crippen LogP contribution < -0.4 is 0 Å². The average Bonchev–Trinajstić information content (AvgIpc) is 3.12. The second-order valence-corrected chi connectivity index (χ2v) is 5.81. The summed E-state index contributed by atoms with van der Waals surface area (Å²) in [5, 5.41) is 20.3. The molecule has 4 bridgehead atoms. The first-order chi connectivity index (χ1) is 9.56. The summed E-state index contributed by atoms with van der Waals surface area (Å²) in [6.07, 6.45) is -3.88. The number of ether oxygens (including phenoxy) is 4. The molecule has 0 aromatic rings. The van der Waals surface area contributed by atoms with Gasteiger partial charge in [-0.3, -0.25) is 9.59 Å². The van der Waals surface area contributed by atoms with Crippen LogP contribution in [0.15, 0.2) is 23.0 Å². The molecule has 0 radical (unpaired) electrons. The Kier molecular flexibility index (Phi) is 1.09. The van der Waals surface area contributed by atoms with Gasteiger partial charge in [-0.2, -0.15) is 0 Å². The monoisotopic (exact) mass is 278 g/mol. The molecule has 2 spiro atoms. The highest BCUT2D eigenvalue weighted by atomic mass is 16.7. The molecule has 6 aliphatic heterocycles. The highest BCUT2D eigenvalue weighted by Crippen LogP contribution is 2.78. The maximum atomic E-state index is 12.4. The predicted molar refractivity (Wildman–Crippen MR) is 53.7 cm³/mol. The van der Waals surface area contributed by atoms with Gasteiger partial charge in [0.1, 0.15) is 24.4 Å². The minimum absolute atomic E-state index is 0.0239. The number of hydrogen-bond acceptors (Lipinski definition) is 8. The number of hydrogen-bond donors (Lipinski definition) is 2. The molecule has 0 aromatic carbocycles. The van der Waals surface area contributed by atoms with Crippen molar-refractivity contribution in [1.29, 1.82) is 0 Å². The predicted octanol–water partition coefficient (Wildman–Crippen LogP) is -0.826. The van der Waals surface area contributed by atoms with Gasteiger partial charge in [0.25, 0.3) is 0 Å². The Labute approximate surface area is 110 Å². The first kappa shape index (κ1) is 9.78. The molecule has 0 amide bonds. The fourth-order valence-corrected chi connectivity index (χ4v) is 4.81. The topological polar surface area (TPSA) is 112 Å². The fourth-order valence-electron chi connectivity index (χ4n) is 4.81. The summed E-state index contributed by atoms with van der Waals surface area (Å²) in [4.78, 5) is 24.9. The van der Waals surface area contributed by atoms with E-state index < -0.39 is 47.2 Å². The van der Waals surface area contributed by atoms with Gasteiger partial charge < -0.3 is 29.2 Å². The van der Waals surface area contributed by atoms with Crippen LogP contribution >= 0.6 is 0 Å². The number of rotatable bonds is 0. The summed E-state index contributed by atoms with van der Waals surface area (Å²) >= 11 is 0. The lowest BCUT2D eigenvalue weighted by molar-refractivity contribution is -0.160. The van der Waals surface area contributed by atoms with E-state index in [4.69, 9.17) is 18.9 Å². The molecular weight excluding hydrogens is 272 g/mol. The lowest BCUT2D eigenvalue weighted by atomic mass is 9.53. The Balaban J connectivity index is 1.81. The fraction of sp³-hybridized carbons (Fsp3) is 0.500. The SMILES string of the molecule is O=C1OC2=C(O)[C@H]3O[C@@H]2[C@@]12[C@@H]1O[C@H]4C(=C1O)OC(=O)[C@]342. The first-order valence-corrected chi connectivity index (χ1v) is 6.17. The Morgan fingerprint density at radius 1 is 0.750 bits per heavy atom. The van der Waals surface area contributed by atoms with E-state index in [2.05, 4.69) is 0 Å². The molecule has 2 N–H and O–H groups in total. The van der Waals surface area contributed by atoms with Crippen molar-refractivity contribution in [1.82, 2.24) is 0 Å². The molecular formula is C12H6O8. The summed E-state index contributed by atoms with van der Waals surface area (Å²) < 4.78 is 21.5. The van der Waals surface area contributed by atoms with Gasteiger partial charge in [-0.05, 0) is 0 Å². The maximum absolute atomic E-state index is 12.4. The van der Waals surface area contributed by atoms with Gasteiger partial charge in [0.05, 0.1) is 0 Å². The smallest absolute Gasteiger partial charge is 0.325 e. The largest absolute Gasteiger partial charge is 0.506 e. The van der Waals surface area contributed by atoms with Crippen LogP contribution in [0.25, 0.3) is 0 Å². The molecule has 0 aromatic heterocycles. The van der Waals surface area contributed by atoms with E-state index in [0.29, 0.717) is 0 Å². The van der Waals surface area contributed by atoms with Crippen molar-refractivity contribution in [2.45, 2.75) is 24.4 Å². The van der Waals surface area contributed by atoms with Gasteiger partial charge in [0.2, 0.25) is 0 Å². The number of aliphatic hydroxyl groups excluding tert-OH is 2. The average molecular weight is 278 g/mol. The highest BCUT2D eigenvalue weighted by Gasteiger charge is 2.96. The lowest BCUT2D eigenvalue weighted by Crippen LogP contribution is -2.59. The minimum atomic E-state index is -1.48. The third-order valence-electron chi connectivity index (χ3n) is 5.44. The number of esters is 2. The van der Waals surface area contributed by atoms with E-state index in [9.17, 15) is 19.8 Å². The van der Waals surface area contributed by atoms with Gasteiger partial charge >= 0.3 is 11.9 Å². The van der Waals surface area contributed by atoms with E-state index >= 15 is 0 Å². The van der Waals surface area contributed by atoms with Crippen LogP contribution in [0.3, 0.4) is 0 Å². The summed E-state index contributed by atoms with van der Waals surface area (Å²) in [5.41, 5.74) is -2.96. The van der Waals surface area contributed by atoms with E-state index in [1.54, 1.807) is 0 Å². The number of fused-ring (bicyclic) bond motifs is 2. The molecule has 4 saturated heterocycles. The zero-order valence-electron chi connectivity index (χ0n) is 9.65. The molecule has 8 heteroatoms. The summed E-state index contributed by atoms with van der Waals surface area (Å²) in [5.74, 6) is -1.91. The van der Waals surface area contributed by atoms with Gasteiger partial charge in [0.15, 0.2) is 33.9 Å². The van der Waals surface area contributed by atoms with Crippen molar-refractivity contribution in [3.8, 4) is 0 Å². The van der Waals surface area contributed by atoms with Crippen molar-refractivity contribution >= 4 is 11.9 Å². The molecule has 6 aliphatic rings. The van der Waals surface area contributed by atoms with E-state index in [1.165, 1.54) is 0 Å². The Bertz CT molecular complexity index is 672. The second-order valence-electron chi connectivity index (χ2n) is 5.81. The lowest BCUT2D eigenvalue weighted by Gasteiger charge is -2.35. The normalized spacial score (nSPS) is 56.0. The van der Waals surface area contributed by atoms with Gasteiger partial charge in [-0.25, -0.2) is 0 Å². The molecule has 8 nitrogen and oxygen atoms in total. The highest BCUT2D eigenvalue weighted by molar-refractivity contribution is 6.00. The molecule has 0 unspecified atom stereocenters. The van der Waals surface area contributed by atoms with E-state index in [0.717, 1.165) is 0 Å². The van der Waals surface area contributed by atoms with Crippen LogP contribution in [-0.2, 0) is 28.5 Å². The van der Waals surface area contributed by atoms with Crippen LogP contribution in [0.1, 0.15) is 0 Å². The minimum Gasteiger partial charge on any atom is -0.506 e. The Morgan fingerprint density at radius 3 is 1.55 bits per heavy atom. The molecule has 0 aliphatic carbocycles. The first-order valence-electron chi connectivity index (χ1n) is 6.17. The summed E-state index contributed by atoms with van der Waals surface area (Å²) in [6, 6.07) is 0. The van der Waals surface area contributed by atoms with Crippen LogP contribution in [0.4, 0.5) is 0 Å². The third kappa shape index (κ3) is 0.517. The number of carbonyl (C=O) groups excluding carboxylic acids is 2. The third-order valence-corrected chi connectivity index (χ3v) is 5.44. The molecule has 6 heterocycles. The molecule has 6 atom stereocenters. The summed E-state index contributed by atoms with van der Waals surface area (Å²) in [7, 11) is 0. The van der Waals surface area contributed by atoms with Crippen molar-refractivity contribution in [2.24, 2.45) is 10.8 Å². The van der Waals surface area contributed by atoms with Crippen LogP contribution in [0, 0.1) is 10.8 Å². The Morgan fingerprint density at radius 2 is 1.15 bits per heavy atom. The van der Waals surface area contributed by atoms with E-state index in [-0.39, 0.29) is 23.0 Å². The van der Waals surface area contributed by atoms with Crippen LogP contribution in [0.2, 0.25) is 0 Å². The van der Waals surface area contributed by atoms with Gasteiger partial charge in [-0.15, -0.1) is 0 Å². The summed E-state index contributed by atoms with van der Waals surface area (Å²) in [6.45, 7) is 0. The standard InChI is InChI=1S/C12H6O8/c13-1-3-7-12(10(16)17-3)6-2(14)4-8(20-6)11(12,5(1)19-7)9(15)18-4/h5-8,13-14H/t5-,6-,7+,8+,11+,12+/m1/s1. The van der Waals surface area contributed by atoms with E-state index in [1.807, 2.05) is 0 Å². The van der Waals surface area contributed by atoms with Gasteiger partial charge in [0, 0.05) is 0 Å². The van der Waals surface area contributed by atoms with Crippen LogP contribution in [-0.4, -0.2) is 46.6 Å². The molecule has 20 heavy (non-hydrogen) atoms. The molecule has 102 valence electrons. The van der Waals surface area contributed by atoms with Crippen molar-refractivity contribution in [2.75, 3.05) is 0 Å². The zero-order chi connectivity index (χ0) is 13.6. The van der Waals surface area contributed by atoms with Crippen LogP contribution in [0.5, 0.6) is 0 Å². The molecule has 0 saturated carbocycles.